The standard InChI is InChI=1S/C28H28ClFN6O4/c29-19-2-1-17(22(30)13-19)12-24-31-7-3-26(33-24)40-20-4-8-35(9-5-20)16-25-34-27-23(11-18(14-32-27)28(37)38)36(25)15-21-6-10-39-21/h1-3,7,11,13-14,20-21H,4-6,8-10,12,15-16H2,(H,37,38). The van der Waals surface area contributed by atoms with Gasteiger partial charge in [-0.1, -0.05) is 17.7 Å². The average molecular weight is 567 g/mol. The summed E-state index contributed by atoms with van der Waals surface area (Å²) in [5.41, 5.74) is 1.86. The molecule has 0 radical (unpaired) electrons. The third-order valence-corrected chi connectivity index (χ3v) is 7.58. The number of carboxylic acids is 1. The van der Waals surface area contributed by atoms with Crippen molar-refractivity contribution in [3.8, 4) is 5.88 Å². The molecule has 2 saturated heterocycles. The van der Waals surface area contributed by atoms with Crippen LogP contribution >= 0.6 is 11.6 Å². The summed E-state index contributed by atoms with van der Waals surface area (Å²) in [6, 6.07) is 7.92. The Morgan fingerprint density at radius 3 is 2.70 bits per heavy atom. The molecule has 1 N–H and O–H groups in total. The van der Waals surface area contributed by atoms with Gasteiger partial charge in [0.2, 0.25) is 5.88 Å². The van der Waals surface area contributed by atoms with E-state index in [1.807, 2.05) is 4.57 Å². The summed E-state index contributed by atoms with van der Waals surface area (Å²) >= 11 is 5.85. The van der Waals surface area contributed by atoms with E-state index in [-0.39, 0.29) is 30.0 Å². The van der Waals surface area contributed by atoms with Crippen LogP contribution in [-0.4, -0.2) is 72.4 Å². The van der Waals surface area contributed by atoms with Gasteiger partial charge in [0.15, 0.2) is 5.65 Å². The first kappa shape index (κ1) is 26.5. The first-order chi connectivity index (χ1) is 19.4. The normalized spacial score (nSPS) is 18.1. The lowest BCUT2D eigenvalue weighted by atomic mass is 10.1. The summed E-state index contributed by atoms with van der Waals surface area (Å²) in [6.45, 7) is 3.57. The molecule has 12 heteroatoms. The van der Waals surface area contributed by atoms with Crippen LogP contribution < -0.4 is 4.74 Å². The minimum atomic E-state index is -1.02. The second kappa shape index (κ2) is 11.4. The number of aromatic nitrogens is 5. The molecule has 1 unspecified atom stereocenters. The maximum absolute atomic E-state index is 14.2. The van der Waals surface area contributed by atoms with Crippen molar-refractivity contribution in [2.75, 3.05) is 19.7 Å². The van der Waals surface area contributed by atoms with Gasteiger partial charge in [0.05, 0.1) is 30.3 Å². The number of carboxylic acid groups (broad SMARTS) is 1. The predicted molar refractivity (Wildman–Crippen MR) is 144 cm³/mol. The van der Waals surface area contributed by atoms with Gasteiger partial charge in [-0.25, -0.2) is 24.1 Å². The molecule has 3 aromatic heterocycles. The van der Waals surface area contributed by atoms with Crippen LogP contribution in [0.5, 0.6) is 5.88 Å². The summed E-state index contributed by atoms with van der Waals surface area (Å²) in [5.74, 6) is 0.389. The Labute approximate surface area is 234 Å². The summed E-state index contributed by atoms with van der Waals surface area (Å²) in [5, 5.41) is 9.78. The van der Waals surface area contributed by atoms with E-state index in [2.05, 4.69) is 19.9 Å². The molecule has 2 fully saturated rings. The number of piperidine rings is 1. The van der Waals surface area contributed by atoms with E-state index in [4.69, 9.17) is 26.1 Å². The van der Waals surface area contributed by atoms with E-state index < -0.39 is 5.97 Å². The number of benzene rings is 1. The summed E-state index contributed by atoms with van der Waals surface area (Å²) < 4.78 is 28.1. The fourth-order valence-corrected chi connectivity index (χ4v) is 5.21. The van der Waals surface area contributed by atoms with Gasteiger partial charge in [-0.2, -0.15) is 4.98 Å². The number of fused-ring (bicyclic) bond motifs is 1. The molecule has 6 rings (SSSR count). The average Bonchev–Trinajstić information content (AvgIpc) is 3.25. The van der Waals surface area contributed by atoms with Crippen LogP contribution in [0.3, 0.4) is 0 Å². The molecule has 0 bridgehead atoms. The van der Waals surface area contributed by atoms with Gasteiger partial charge in [0, 0.05) is 49.6 Å². The summed E-state index contributed by atoms with van der Waals surface area (Å²) in [6.07, 6.45) is 5.88. The van der Waals surface area contributed by atoms with Crippen molar-refractivity contribution in [3.05, 3.63) is 76.3 Å². The Hall–Kier alpha value is -3.67. The fourth-order valence-electron chi connectivity index (χ4n) is 5.05. The number of likely N-dealkylation sites (tertiary alicyclic amines) is 1. The van der Waals surface area contributed by atoms with Crippen LogP contribution in [-0.2, 0) is 24.2 Å². The lowest BCUT2D eigenvalue weighted by Crippen LogP contribution is -2.39. The van der Waals surface area contributed by atoms with Crippen LogP contribution in [0.25, 0.3) is 11.2 Å². The molecule has 2 aliphatic rings. The molecule has 40 heavy (non-hydrogen) atoms. The summed E-state index contributed by atoms with van der Waals surface area (Å²) in [7, 11) is 0. The van der Waals surface area contributed by atoms with Gasteiger partial charge in [0.1, 0.15) is 23.6 Å². The van der Waals surface area contributed by atoms with E-state index in [9.17, 15) is 14.3 Å². The smallest absolute Gasteiger partial charge is 0.337 e. The molecule has 0 saturated carbocycles. The monoisotopic (exact) mass is 566 g/mol. The predicted octanol–water partition coefficient (Wildman–Crippen LogP) is 4.14. The molecule has 10 nitrogen and oxygen atoms in total. The van der Waals surface area contributed by atoms with Crippen molar-refractivity contribution in [2.24, 2.45) is 0 Å². The zero-order valence-electron chi connectivity index (χ0n) is 21.7. The van der Waals surface area contributed by atoms with Crippen LogP contribution in [0.4, 0.5) is 4.39 Å². The Morgan fingerprint density at radius 1 is 1.15 bits per heavy atom. The molecule has 0 spiro atoms. The Balaban J connectivity index is 1.09. The van der Waals surface area contributed by atoms with E-state index in [0.717, 1.165) is 44.8 Å². The van der Waals surface area contributed by atoms with Gasteiger partial charge in [0.25, 0.3) is 0 Å². The van der Waals surface area contributed by atoms with Crippen molar-refractivity contribution in [2.45, 2.75) is 51.0 Å². The molecule has 5 heterocycles. The van der Waals surface area contributed by atoms with Crippen molar-refractivity contribution < 1.29 is 23.8 Å². The van der Waals surface area contributed by atoms with E-state index in [0.29, 0.717) is 46.5 Å². The van der Waals surface area contributed by atoms with E-state index in [1.54, 1.807) is 30.5 Å². The third-order valence-electron chi connectivity index (χ3n) is 7.34. The highest BCUT2D eigenvalue weighted by Gasteiger charge is 2.26. The topological polar surface area (TPSA) is 115 Å². The number of hydrogen-bond acceptors (Lipinski definition) is 8. The number of halogens is 2. The molecule has 2 aliphatic heterocycles. The highest BCUT2D eigenvalue weighted by atomic mass is 35.5. The van der Waals surface area contributed by atoms with Gasteiger partial charge < -0.3 is 19.1 Å². The maximum atomic E-state index is 14.2. The molecular formula is C28H28ClFN6O4. The molecule has 0 aliphatic carbocycles. The van der Waals surface area contributed by atoms with Crippen molar-refractivity contribution in [1.29, 1.82) is 0 Å². The largest absolute Gasteiger partial charge is 0.478 e. The molecule has 0 amide bonds. The van der Waals surface area contributed by atoms with Gasteiger partial charge in [-0.3, -0.25) is 4.90 Å². The number of nitrogens with zero attached hydrogens (tertiary/aromatic N) is 6. The number of ether oxygens (including phenoxy) is 2. The Kier molecular flexibility index (Phi) is 7.59. The minimum absolute atomic E-state index is 0.00625. The number of aromatic carboxylic acids is 1. The molecular weight excluding hydrogens is 539 g/mol. The second-order valence-electron chi connectivity index (χ2n) is 10.1. The van der Waals surface area contributed by atoms with Crippen molar-refractivity contribution in [1.82, 2.24) is 29.4 Å². The maximum Gasteiger partial charge on any atom is 0.337 e. The van der Waals surface area contributed by atoms with Gasteiger partial charge in [-0.05, 0) is 43.0 Å². The lowest BCUT2D eigenvalue weighted by Gasteiger charge is -2.32. The molecule has 4 aromatic rings. The zero-order valence-corrected chi connectivity index (χ0v) is 22.4. The van der Waals surface area contributed by atoms with Crippen LogP contribution in [0.15, 0.2) is 42.7 Å². The van der Waals surface area contributed by atoms with E-state index in [1.165, 1.54) is 12.3 Å². The Bertz CT molecular complexity index is 1540. The highest BCUT2D eigenvalue weighted by Crippen LogP contribution is 2.24. The fraction of sp³-hybridized carbons (Fsp3) is 0.393. The van der Waals surface area contributed by atoms with Crippen molar-refractivity contribution >= 4 is 28.7 Å². The third kappa shape index (κ3) is 5.91. The SMILES string of the molecule is O=C(O)c1cnc2nc(CN3CCC(Oc4ccnc(Cc5ccc(Cl)cc5F)n4)CC3)n(CC3CCO3)c2c1. The zero-order chi connectivity index (χ0) is 27.6. The molecule has 208 valence electrons. The number of rotatable bonds is 9. The number of hydrogen-bond donors (Lipinski definition) is 1. The van der Waals surface area contributed by atoms with Gasteiger partial charge in [-0.15, -0.1) is 0 Å². The quantitative estimate of drug-likeness (QED) is 0.319. The Morgan fingerprint density at radius 2 is 1.98 bits per heavy atom. The van der Waals surface area contributed by atoms with Gasteiger partial charge >= 0.3 is 5.97 Å². The second-order valence-corrected chi connectivity index (χ2v) is 10.5. The van der Waals surface area contributed by atoms with Crippen LogP contribution in [0.1, 0.15) is 46.8 Å². The first-order valence-electron chi connectivity index (χ1n) is 13.3. The minimum Gasteiger partial charge on any atom is -0.478 e. The molecule has 1 atom stereocenters. The number of pyridine rings is 1. The molecule has 1 aromatic carbocycles. The lowest BCUT2D eigenvalue weighted by molar-refractivity contribution is -0.0592. The van der Waals surface area contributed by atoms with Crippen LogP contribution in [0, 0.1) is 5.82 Å². The number of carbonyl (C=O) groups is 1. The van der Waals surface area contributed by atoms with E-state index >= 15 is 0 Å². The highest BCUT2D eigenvalue weighted by molar-refractivity contribution is 6.30. The van der Waals surface area contributed by atoms with Crippen LogP contribution in [0.2, 0.25) is 5.02 Å². The number of imidazole rings is 1. The first-order valence-corrected chi connectivity index (χ1v) is 13.6. The van der Waals surface area contributed by atoms with Crippen molar-refractivity contribution in [3.63, 3.8) is 0 Å². The summed E-state index contributed by atoms with van der Waals surface area (Å²) in [4.78, 5) is 31.6.